The lowest BCUT2D eigenvalue weighted by Gasteiger charge is -2.15. The van der Waals surface area contributed by atoms with E-state index < -0.39 is 0 Å². The standard InChI is InChI=1S/C13H12BrCl2N3/c14-8-3-4-10(13(16)12(8)15)19-7-17-6-11(19)9-2-1-5-18-9/h3-4,6-7,9,18H,1-2,5H2/t9-/m0/s1. The van der Waals surface area contributed by atoms with Crippen LogP contribution in [0.4, 0.5) is 0 Å². The highest BCUT2D eigenvalue weighted by atomic mass is 79.9. The SMILES string of the molecule is Clc1c(Br)ccc(-n2cncc2[C@@H]2CCCN2)c1Cl. The van der Waals surface area contributed by atoms with E-state index in [1.54, 1.807) is 6.33 Å². The monoisotopic (exact) mass is 359 g/mol. The zero-order valence-corrected chi connectivity index (χ0v) is 13.1. The second-order valence-corrected chi connectivity index (χ2v) is 6.14. The van der Waals surface area contributed by atoms with Crippen molar-refractivity contribution in [1.29, 1.82) is 0 Å². The Morgan fingerprint density at radius 1 is 1.32 bits per heavy atom. The normalized spacial score (nSPS) is 19.0. The second-order valence-electron chi connectivity index (χ2n) is 4.53. The Morgan fingerprint density at radius 2 is 2.16 bits per heavy atom. The molecule has 1 aliphatic heterocycles. The van der Waals surface area contributed by atoms with Crippen LogP contribution in [0.2, 0.25) is 10.0 Å². The van der Waals surface area contributed by atoms with Gasteiger partial charge < -0.3 is 9.88 Å². The fourth-order valence-corrected chi connectivity index (χ4v) is 3.26. The van der Waals surface area contributed by atoms with Gasteiger partial charge >= 0.3 is 0 Å². The third kappa shape index (κ3) is 2.42. The van der Waals surface area contributed by atoms with E-state index in [4.69, 9.17) is 23.2 Å². The lowest BCUT2D eigenvalue weighted by Crippen LogP contribution is -2.16. The van der Waals surface area contributed by atoms with Gasteiger partial charge in [-0.05, 0) is 47.4 Å². The quantitative estimate of drug-likeness (QED) is 0.806. The minimum atomic E-state index is 0.334. The first-order valence-electron chi connectivity index (χ1n) is 6.08. The molecule has 1 aliphatic rings. The maximum atomic E-state index is 6.34. The van der Waals surface area contributed by atoms with Crippen LogP contribution in [0.15, 0.2) is 29.1 Å². The second kappa shape index (κ2) is 5.44. The van der Waals surface area contributed by atoms with Gasteiger partial charge in [0.1, 0.15) is 0 Å². The van der Waals surface area contributed by atoms with Gasteiger partial charge in [-0.3, -0.25) is 0 Å². The Hall–Kier alpha value is -0.550. The van der Waals surface area contributed by atoms with Gasteiger partial charge in [0.2, 0.25) is 0 Å². The van der Waals surface area contributed by atoms with Crippen LogP contribution in [0.25, 0.3) is 5.69 Å². The summed E-state index contributed by atoms with van der Waals surface area (Å²) in [6, 6.07) is 4.18. The van der Waals surface area contributed by atoms with Gasteiger partial charge in [-0.15, -0.1) is 0 Å². The molecule has 0 aliphatic carbocycles. The summed E-state index contributed by atoms with van der Waals surface area (Å²) in [7, 11) is 0. The summed E-state index contributed by atoms with van der Waals surface area (Å²) in [6.45, 7) is 1.05. The van der Waals surface area contributed by atoms with Crippen LogP contribution in [0.1, 0.15) is 24.6 Å². The van der Waals surface area contributed by atoms with E-state index in [0.717, 1.165) is 28.8 Å². The molecule has 0 radical (unpaired) electrons. The highest BCUT2D eigenvalue weighted by Crippen LogP contribution is 2.36. The summed E-state index contributed by atoms with van der Waals surface area (Å²) >= 11 is 15.9. The van der Waals surface area contributed by atoms with Crippen LogP contribution in [0, 0.1) is 0 Å². The average molecular weight is 361 g/mol. The van der Waals surface area contributed by atoms with Crippen LogP contribution >= 0.6 is 39.1 Å². The molecular weight excluding hydrogens is 349 g/mol. The summed E-state index contributed by atoms with van der Waals surface area (Å²) in [5.41, 5.74) is 1.98. The van der Waals surface area contributed by atoms with E-state index in [2.05, 4.69) is 26.2 Å². The Morgan fingerprint density at radius 3 is 2.89 bits per heavy atom. The van der Waals surface area contributed by atoms with Gasteiger partial charge in [0, 0.05) is 10.5 Å². The molecule has 0 unspecified atom stereocenters. The van der Waals surface area contributed by atoms with Gasteiger partial charge in [0.05, 0.1) is 34.0 Å². The number of benzene rings is 1. The van der Waals surface area contributed by atoms with Crippen LogP contribution in [-0.4, -0.2) is 16.1 Å². The maximum Gasteiger partial charge on any atom is 0.0995 e. The summed E-state index contributed by atoms with van der Waals surface area (Å²) in [4.78, 5) is 4.25. The van der Waals surface area contributed by atoms with Crippen LogP contribution in [0.3, 0.4) is 0 Å². The third-order valence-corrected chi connectivity index (χ3v) is 5.12. The lowest BCUT2D eigenvalue weighted by atomic mass is 10.1. The first kappa shape index (κ1) is 13.4. The summed E-state index contributed by atoms with van der Waals surface area (Å²) < 4.78 is 2.80. The predicted molar refractivity (Wildman–Crippen MR) is 81.3 cm³/mol. The molecule has 1 aromatic heterocycles. The molecule has 6 heteroatoms. The lowest BCUT2D eigenvalue weighted by molar-refractivity contribution is 0.615. The van der Waals surface area contributed by atoms with Crippen LogP contribution in [-0.2, 0) is 0 Å². The molecule has 0 saturated carbocycles. The average Bonchev–Trinajstić information content (AvgIpc) is 3.05. The molecular formula is C13H12BrCl2N3. The Bertz CT molecular complexity index is 606. The van der Waals surface area contributed by atoms with Crippen molar-refractivity contribution in [2.75, 3.05) is 6.54 Å². The number of nitrogens with zero attached hydrogens (tertiary/aromatic N) is 2. The summed E-state index contributed by atoms with van der Waals surface area (Å²) in [5.74, 6) is 0. The predicted octanol–water partition coefficient (Wildman–Crippen LogP) is 4.37. The topological polar surface area (TPSA) is 29.9 Å². The highest BCUT2D eigenvalue weighted by molar-refractivity contribution is 9.10. The van der Waals surface area contributed by atoms with E-state index >= 15 is 0 Å². The largest absolute Gasteiger partial charge is 0.309 e. The van der Waals surface area contributed by atoms with Crippen molar-refractivity contribution < 1.29 is 0 Å². The third-order valence-electron chi connectivity index (χ3n) is 3.36. The molecule has 3 rings (SSSR count). The Kier molecular flexibility index (Phi) is 3.85. The Balaban J connectivity index is 2.08. The molecule has 100 valence electrons. The zero-order valence-electron chi connectivity index (χ0n) is 10.0. The van der Waals surface area contributed by atoms with Crippen molar-refractivity contribution in [3.63, 3.8) is 0 Å². The van der Waals surface area contributed by atoms with E-state index in [-0.39, 0.29) is 0 Å². The van der Waals surface area contributed by atoms with Crippen molar-refractivity contribution in [2.24, 2.45) is 0 Å². The molecule has 1 aromatic carbocycles. The van der Waals surface area contributed by atoms with Gasteiger partial charge in [-0.25, -0.2) is 4.98 Å². The van der Waals surface area contributed by atoms with Crippen LogP contribution in [0.5, 0.6) is 0 Å². The molecule has 3 nitrogen and oxygen atoms in total. The number of rotatable bonds is 2. The van der Waals surface area contributed by atoms with E-state index in [9.17, 15) is 0 Å². The number of hydrogen-bond donors (Lipinski definition) is 1. The number of aromatic nitrogens is 2. The molecule has 2 aromatic rings. The highest BCUT2D eigenvalue weighted by Gasteiger charge is 2.21. The van der Waals surface area contributed by atoms with Crippen molar-refractivity contribution in [3.8, 4) is 5.69 Å². The van der Waals surface area contributed by atoms with Crippen LogP contribution < -0.4 is 5.32 Å². The molecule has 2 heterocycles. The smallest absolute Gasteiger partial charge is 0.0995 e. The molecule has 1 N–H and O–H groups in total. The molecule has 1 saturated heterocycles. The fourth-order valence-electron chi connectivity index (χ4n) is 2.40. The van der Waals surface area contributed by atoms with Crippen molar-refractivity contribution >= 4 is 39.1 Å². The van der Waals surface area contributed by atoms with Gasteiger partial charge in [-0.1, -0.05) is 23.2 Å². The summed E-state index contributed by atoms with van der Waals surface area (Å²) in [5, 5.41) is 4.53. The minimum Gasteiger partial charge on any atom is -0.309 e. The van der Waals surface area contributed by atoms with Gasteiger partial charge in [-0.2, -0.15) is 0 Å². The summed E-state index contributed by atoms with van der Waals surface area (Å²) in [6.07, 6.45) is 5.97. The first-order valence-corrected chi connectivity index (χ1v) is 7.63. The first-order chi connectivity index (χ1) is 9.18. The van der Waals surface area contributed by atoms with E-state index in [1.807, 2.05) is 22.9 Å². The van der Waals surface area contributed by atoms with E-state index in [1.165, 1.54) is 6.42 Å². The van der Waals surface area contributed by atoms with E-state index in [0.29, 0.717) is 16.1 Å². The molecule has 0 bridgehead atoms. The molecule has 0 amide bonds. The van der Waals surface area contributed by atoms with Crippen molar-refractivity contribution in [1.82, 2.24) is 14.9 Å². The number of hydrogen-bond acceptors (Lipinski definition) is 2. The van der Waals surface area contributed by atoms with Gasteiger partial charge in [0.25, 0.3) is 0 Å². The molecule has 19 heavy (non-hydrogen) atoms. The van der Waals surface area contributed by atoms with Crippen molar-refractivity contribution in [2.45, 2.75) is 18.9 Å². The maximum absolute atomic E-state index is 6.34. The zero-order chi connectivity index (χ0) is 13.4. The number of imidazole rings is 1. The Labute approximate surface area is 130 Å². The number of halogens is 3. The number of nitrogens with one attached hydrogen (secondary N) is 1. The van der Waals surface area contributed by atoms with Gasteiger partial charge in [0.15, 0.2) is 0 Å². The minimum absolute atomic E-state index is 0.334. The van der Waals surface area contributed by atoms with Crippen molar-refractivity contribution in [3.05, 3.63) is 44.9 Å². The fraction of sp³-hybridized carbons (Fsp3) is 0.308. The molecule has 1 atom stereocenters. The molecule has 1 fully saturated rings. The molecule has 0 spiro atoms.